The lowest BCUT2D eigenvalue weighted by Gasteiger charge is -2.23. The summed E-state index contributed by atoms with van der Waals surface area (Å²) in [6, 6.07) is 0.284. The zero-order valence-electron chi connectivity index (χ0n) is 10.2. The number of hydrogen-bond donors (Lipinski definition) is 1. The van der Waals surface area contributed by atoms with Crippen LogP contribution < -0.4 is 5.32 Å². The van der Waals surface area contributed by atoms with Gasteiger partial charge in [-0.15, -0.1) is 0 Å². The van der Waals surface area contributed by atoms with Gasteiger partial charge in [-0.2, -0.15) is 0 Å². The highest BCUT2D eigenvalue weighted by Gasteiger charge is 2.23. The Morgan fingerprint density at radius 3 is 2.53 bits per heavy atom. The van der Waals surface area contributed by atoms with Crippen LogP contribution in [0, 0.1) is 13.8 Å². The summed E-state index contributed by atoms with van der Waals surface area (Å²) in [5.74, 6) is 1.43. The minimum atomic E-state index is -2.77. The van der Waals surface area contributed by atoms with Gasteiger partial charge in [0.15, 0.2) is 0 Å². The molecule has 1 aromatic heterocycles. The molecule has 1 N–H and O–H groups in total. The number of aromatic nitrogens is 1. The minimum absolute atomic E-state index is 0.284. The van der Waals surface area contributed by atoms with E-state index in [2.05, 4.69) is 10.5 Å². The average Bonchev–Trinajstić information content (AvgIpc) is 2.58. The van der Waals surface area contributed by atoms with Crippen LogP contribution in [0.25, 0.3) is 0 Å². The monoisotopic (exact) mass is 258 g/mol. The molecule has 96 valence electrons. The number of rotatable bonds is 3. The maximum Gasteiger partial charge on any atom is 0.150 e. The van der Waals surface area contributed by atoms with Crippen molar-refractivity contribution in [2.75, 3.05) is 11.5 Å². The van der Waals surface area contributed by atoms with Gasteiger partial charge in [0.1, 0.15) is 15.6 Å². The third kappa shape index (κ3) is 3.07. The Bertz CT molecular complexity index is 459. The Morgan fingerprint density at radius 2 is 2.00 bits per heavy atom. The fraction of sp³-hybridized carbons (Fsp3) is 0.727. The Hall–Kier alpha value is -0.880. The molecule has 2 heterocycles. The van der Waals surface area contributed by atoms with Crippen LogP contribution >= 0.6 is 0 Å². The van der Waals surface area contributed by atoms with Gasteiger partial charge in [0, 0.05) is 18.2 Å². The molecular formula is C11H18N2O3S. The fourth-order valence-electron chi connectivity index (χ4n) is 2.09. The molecule has 0 radical (unpaired) electrons. The first kappa shape index (κ1) is 12.6. The Labute approximate surface area is 101 Å². The third-order valence-electron chi connectivity index (χ3n) is 3.30. The number of hydrogen-bond acceptors (Lipinski definition) is 5. The van der Waals surface area contributed by atoms with Crippen molar-refractivity contribution in [3.63, 3.8) is 0 Å². The summed E-state index contributed by atoms with van der Waals surface area (Å²) >= 11 is 0. The molecule has 0 spiro atoms. The Morgan fingerprint density at radius 1 is 1.35 bits per heavy atom. The lowest BCUT2D eigenvalue weighted by Crippen LogP contribution is -2.37. The largest absolute Gasteiger partial charge is 0.361 e. The lowest BCUT2D eigenvalue weighted by molar-refractivity contribution is 0.390. The topological polar surface area (TPSA) is 72.2 Å². The van der Waals surface area contributed by atoms with Crippen LogP contribution in [0.3, 0.4) is 0 Å². The number of aryl methyl sites for hydroxylation is 2. The Kier molecular flexibility index (Phi) is 3.53. The predicted molar refractivity (Wildman–Crippen MR) is 64.5 cm³/mol. The molecule has 0 atom stereocenters. The van der Waals surface area contributed by atoms with E-state index in [1.165, 1.54) is 0 Å². The van der Waals surface area contributed by atoms with Crippen LogP contribution in [0.5, 0.6) is 0 Å². The van der Waals surface area contributed by atoms with Gasteiger partial charge in [0.2, 0.25) is 0 Å². The first-order chi connectivity index (χ1) is 7.98. The summed E-state index contributed by atoms with van der Waals surface area (Å²) < 4.78 is 27.7. The molecule has 0 amide bonds. The summed E-state index contributed by atoms with van der Waals surface area (Å²) in [4.78, 5) is 0. The van der Waals surface area contributed by atoms with E-state index in [-0.39, 0.29) is 6.04 Å². The van der Waals surface area contributed by atoms with Crippen LogP contribution in [0.2, 0.25) is 0 Å². The molecule has 0 aromatic carbocycles. The van der Waals surface area contributed by atoms with Crippen LogP contribution in [-0.2, 0) is 16.4 Å². The number of nitrogens with zero attached hydrogens (tertiary/aromatic N) is 1. The van der Waals surface area contributed by atoms with Gasteiger partial charge in [-0.1, -0.05) is 5.16 Å². The minimum Gasteiger partial charge on any atom is -0.361 e. The van der Waals surface area contributed by atoms with Crippen molar-refractivity contribution in [2.45, 2.75) is 39.3 Å². The predicted octanol–water partition coefficient (Wildman–Crippen LogP) is 0.958. The second kappa shape index (κ2) is 4.78. The molecule has 17 heavy (non-hydrogen) atoms. The van der Waals surface area contributed by atoms with Crippen LogP contribution in [0.15, 0.2) is 4.52 Å². The van der Waals surface area contributed by atoms with Crippen molar-refractivity contribution in [3.8, 4) is 0 Å². The molecule has 1 aliphatic rings. The normalized spacial score (nSPS) is 20.6. The van der Waals surface area contributed by atoms with Crippen molar-refractivity contribution >= 4 is 9.84 Å². The molecule has 0 saturated carbocycles. The van der Waals surface area contributed by atoms with Gasteiger partial charge in [0.25, 0.3) is 0 Å². The molecule has 5 nitrogen and oxygen atoms in total. The van der Waals surface area contributed by atoms with Crippen LogP contribution in [0.1, 0.15) is 29.9 Å². The van der Waals surface area contributed by atoms with Gasteiger partial charge in [0.05, 0.1) is 17.2 Å². The van der Waals surface area contributed by atoms with Gasteiger partial charge < -0.3 is 9.84 Å². The summed E-state index contributed by atoms with van der Waals surface area (Å²) in [7, 11) is -2.77. The van der Waals surface area contributed by atoms with Gasteiger partial charge >= 0.3 is 0 Å². The lowest BCUT2D eigenvalue weighted by atomic mass is 10.1. The van der Waals surface area contributed by atoms with E-state index < -0.39 is 9.84 Å². The van der Waals surface area contributed by atoms with E-state index in [9.17, 15) is 8.42 Å². The molecule has 1 fully saturated rings. The van der Waals surface area contributed by atoms with Crippen molar-refractivity contribution in [1.29, 1.82) is 0 Å². The second-order valence-electron chi connectivity index (χ2n) is 4.61. The van der Waals surface area contributed by atoms with Crippen molar-refractivity contribution in [1.82, 2.24) is 10.5 Å². The SMILES string of the molecule is Cc1noc(C)c1CNC1CCS(=O)(=O)CC1. The van der Waals surface area contributed by atoms with Gasteiger partial charge in [-0.25, -0.2) is 8.42 Å². The number of nitrogens with one attached hydrogen (secondary N) is 1. The van der Waals surface area contributed by atoms with Crippen molar-refractivity contribution in [3.05, 3.63) is 17.0 Å². The molecule has 2 rings (SSSR count). The number of sulfone groups is 1. The van der Waals surface area contributed by atoms with E-state index in [0.29, 0.717) is 30.9 Å². The fourth-order valence-corrected chi connectivity index (χ4v) is 3.59. The molecule has 1 aromatic rings. The summed E-state index contributed by atoms with van der Waals surface area (Å²) in [6.07, 6.45) is 1.40. The van der Waals surface area contributed by atoms with E-state index in [1.807, 2.05) is 13.8 Å². The molecule has 1 saturated heterocycles. The molecular weight excluding hydrogens is 240 g/mol. The Balaban J connectivity index is 1.88. The van der Waals surface area contributed by atoms with Crippen molar-refractivity contribution in [2.24, 2.45) is 0 Å². The zero-order valence-corrected chi connectivity index (χ0v) is 11.0. The molecule has 1 aliphatic heterocycles. The standard InChI is InChI=1S/C11H18N2O3S/c1-8-11(9(2)16-13-8)7-12-10-3-5-17(14,15)6-4-10/h10,12H,3-7H2,1-2H3. The quantitative estimate of drug-likeness (QED) is 0.874. The zero-order chi connectivity index (χ0) is 12.5. The van der Waals surface area contributed by atoms with Crippen LogP contribution in [0.4, 0.5) is 0 Å². The summed E-state index contributed by atoms with van der Waals surface area (Å²) in [5.41, 5.74) is 1.98. The first-order valence-corrected chi connectivity index (χ1v) is 7.65. The van der Waals surface area contributed by atoms with E-state index in [4.69, 9.17) is 4.52 Å². The smallest absolute Gasteiger partial charge is 0.150 e. The maximum atomic E-state index is 11.3. The van der Waals surface area contributed by atoms with Crippen LogP contribution in [-0.4, -0.2) is 31.1 Å². The molecule has 0 aliphatic carbocycles. The third-order valence-corrected chi connectivity index (χ3v) is 5.02. The maximum absolute atomic E-state index is 11.3. The van der Waals surface area contributed by atoms with Gasteiger partial charge in [-0.3, -0.25) is 0 Å². The van der Waals surface area contributed by atoms with Gasteiger partial charge in [-0.05, 0) is 26.7 Å². The first-order valence-electron chi connectivity index (χ1n) is 5.83. The second-order valence-corrected chi connectivity index (χ2v) is 6.91. The highest BCUT2D eigenvalue weighted by molar-refractivity contribution is 7.91. The average molecular weight is 258 g/mol. The summed E-state index contributed by atoms with van der Waals surface area (Å²) in [6.45, 7) is 4.51. The summed E-state index contributed by atoms with van der Waals surface area (Å²) in [5, 5.41) is 7.27. The molecule has 0 unspecified atom stereocenters. The highest BCUT2D eigenvalue weighted by atomic mass is 32.2. The molecule has 6 heteroatoms. The van der Waals surface area contributed by atoms with E-state index >= 15 is 0 Å². The molecule has 0 bridgehead atoms. The van der Waals surface area contributed by atoms with E-state index in [0.717, 1.165) is 17.0 Å². The van der Waals surface area contributed by atoms with Crippen molar-refractivity contribution < 1.29 is 12.9 Å². The highest BCUT2D eigenvalue weighted by Crippen LogP contribution is 2.15. The van der Waals surface area contributed by atoms with E-state index in [1.54, 1.807) is 0 Å².